The van der Waals surface area contributed by atoms with Crippen LogP contribution in [0.3, 0.4) is 0 Å². The summed E-state index contributed by atoms with van der Waals surface area (Å²) in [7, 11) is 0. The minimum atomic E-state index is 0.567. The average molecular weight is 205 g/mol. The molecule has 1 N–H and O–H groups in total. The highest BCUT2D eigenvalue weighted by atomic mass is 15.2. The van der Waals surface area contributed by atoms with Crippen molar-refractivity contribution in [1.29, 1.82) is 0 Å². The molecule has 2 rings (SSSR count). The number of hydrogen-bond donors (Lipinski definition) is 1. The van der Waals surface area contributed by atoms with Crippen molar-refractivity contribution in [2.24, 2.45) is 11.8 Å². The Labute approximate surface area is 91.3 Å². The molecule has 15 heavy (non-hydrogen) atoms. The van der Waals surface area contributed by atoms with Gasteiger partial charge in [0.15, 0.2) is 0 Å². The van der Waals surface area contributed by atoms with Gasteiger partial charge in [-0.05, 0) is 43.7 Å². The monoisotopic (exact) mass is 205 g/mol. The van der Waals surface area contributed by atoms with E-state index >= 15 is 0 Å². The molecule has 3 nitrogen and oxygen atoms in total. The highest BCUT2D eigenvalue weighted by Gasteiger charge is 2.29. The van der Waals surface area contributed by atoms with Gasteiger partial charge in [-0.1, -0.05) is 13.8 Å². The number of nitrogens with zero attached hydrogens (tertiary/aromatic N) is 2. The zero-order valence-corrected chi connectivity index (χ0v) is 9.70. The van der Waals surface area contributed by atoms with Gasteiger partial charge in [0, 0.05) is 6.04 Å². The van der Waals surface area contributed by atoms with Crippen LogP contribution < -0.4 is 5.32 Å². The summed E-state index contributed by atoms with van der Waals surface area (Å²) in [6, 6.07) is 4.58. The topological polar surface area (TPSA) is 37.8 Å². The second-order valence-corrected chi connectivity index (χ2v) is 4.72. The Morgan fingerprint density at radius 2 is 2.00 bits per heavy atom. The maximum atomic E-state index is 4.14. The Morgan fingerprint density at radius 1 is 1.20 bits per heavy atom. The molecule has 3 atom stereocenters. The van der Waals surface area contributed by atoms with Crippen LogP contribution in [0.5, 0.6) is 0 Å². The van der Waals surface area contributed by atoms with Gasteiger partial charge in [0.1, 0.15) is 5.82 Å². The Morgan fingerprint density at radius 3 is 2.53 bits per heavy atom. The maximum Gasteiger partial charge on any atom is 0.148 e. The lowest BCUT2D eigenvalue weighted by Gasteiger charge is -2.19. The van der Waals surface area contributed by atoms with Gasteiger partial charge in [-0.15, -0.1) is 5.10 Å². The minimum absolute atomic E-state index is 0.567. The first-order valence-electron chi connectivity index (χ1n) is 5.73. The first-order chi connectivity index (χ1) is 7.16. The van der Waals surface area contributed by atoms with Crippen molar-refractivity contribution >= 4 is 5.82 Å². The molecule has 0 aliphatic heterocycles. The molecule has 0 spiro atoms. The summed E-state index contributed by atoms with van der Waals surface area (Å²) in [6.07, 6.45) is 2.57. The highest BCUT2D eigenvalue weighted by molar-refractivity contribution is 5.34. The van der Waals surface area contributed by atoms with Gasteiger partial charge >= 0.3 is 0 Å². The smallest absolute Gasteiger partial charge is 0.148 e. The first kappa shape index (κ1) is 10.4. The summed E-state index contributed by atoms with van der Waals surface area (Å²) in [5, 5.41) is 11.7. The van der Waals surface area contributed by atoms with E-state index in [-0.39, 0.29) is 0 Å². The lowest BCUT2D eigenvalue weighted by Crippen LogP contribution is -2.24. The zero-order chi connectivity index (χ0) is 10.8. The Bertz CT molecular complexity index is 320. The predicted octanol–water partition coefficient (Wildman–Crippen LogP) is 2.63. The van der Waals surface area contributed by atoms with Crippen molar-refractivity contribution in [1.82, 2.24) is 10.2 Å². The van der Waals surface area contributed by atoms with Crippen LogP contribution >= 0.6 is 0 Å². The van der Waals surface area contributed by atoms with E-state index in [1.807, 2.05) is 19.1 Å². The quantitative estimate of drug-likeness (QED) is 0.806. The third-order valence-corrected chi connectivity index (χ3v) is 3.60. The SMILES string of the molecule is Cc1ccc(NC2CCC(C)C2C)nn1. The fourth-order valence-electron chi connectivity index (χ4n) is 2.23. The molecule has 3 unspecified atom stereocenters. The van der Waals surface area contributed by atoms with E-state index in [0.29, 0.717) is 6.04 Å². The van der Waals surface area contributed by atoms with Crippen LogP contribution in [0.4, 0.5) is 5.82 Å². The molecule has 0 bridgehead atoms. The molecule has 1 aromatic rings. The van der Waals surface area contributed by atoms with E-state index in [0.717, 1.165) is 23.3 Å². The van der Waals surface area contributed by atoms with Crippen molar-refractivity contribution in [3.05, 3.63) is 17.8 Å². The van der Waals surface area contributed by atoms with Gasteiger partial charge in [-0.2, -0.15) is 5.10 Å². The summed E-state index contributed by atoms with van der Waals surface area (Å²) in [5.41, 5.74) is 0.966. The highest BCUT2D eigenvalue weighted by Crippen LogP contribution is 2.32. The molecule has 0 radical (unpaired) electrons. The molecule has 1 aromatic heterocycles. The number of hydrogen-bond acceptors (Lipinski definition) is 3. The average Bonchev–Trinajstić information content (AvgIpc) is 2.53. The number of anilines is 1. The Balaban J connectivity index is 2.00. The van der Waals surface area contributed by atoms with Crippen LogP contribution in [0.2, 0.25) is 0 Å². The van der Waals surface area contributed by atoms with Crippen molar-refractivity contribution in [3.8, 4) is 0 Å². The Hall–Kier alpha value is -1.12. The van der Waals surface area contributed by atoms with Crippen LogP contribution in [-0.2, 0) is 0 Å². The third kappa shape index (κ3) is 2.28. The van der Waals surface area contributed by atoms with E-state index < -0.39 is 0 Å². The van der Waals surface area contributed by atoms with E-state index in [1.54, 1.807) is 0 Å². The number of rotatable bonds is 2. The van der Waals surface area contributed by atoms with Crippen molar-refractivity contribution in [3.63, 3.8) is 0 Å². The standard InChI is InChI=1S/C12H19N3/c1-8-4-6-11(10(8)3)13-12-7-5-9(2)14-15-12/h5,7-8,10-11H,4,6H2,1-3H3,(H,13,15). The van der Waals surface area contributed by atoms with Crippen molar-refractivity contribution in [2.45, 2.75) is 39.7 Å². The molecule has 1 aliphatic rings. The van der Waals surface area contributed by atoms with E-state index in [4.69, 9.17) is 0 Å². The molecule has 0 amide bonds. The van der Waals surface area contributed by atoms with E-state index in [9.17, 15) is 0 Å². The molecule has 1 aliphatic carbocycles. The van der Waals surface area contributed by atoms with Gasteiger partial charge in [-0.3, -0.25) is 0 Å². The zero-order valence-electron chi connectivity index (χ0n) is 9.70. The van der Waals surface area contributed by atoms with Gasteiger partial charge in [0.05, 0.1) is 5.69 Å². The molecule has 3 heteroatoms. The Kier molecular flexibility index (Phi) is 2.89. The molecular weight excluding hydrogens is 186 g/mol. The van der Waals surface area contributed by atoms with E-state index in [2.05, 4.69) is 29.4 Å². The van der Waals surface area contributed by atoms with E-state index in [1.165, 1.54) is 12.8 Å². The summed E-state index contributed by atoms with van der Waals surface area (Å²) in [5.74, 6) is 2.46. The lowest BCUT2D eigenvalue weighted by molar-refractivity contribution is 0.435. The largest absolute Gasteiger partial charge is 0.366 e. The molecular formula is C12H19N3. The second-order valence-electron chi connectivity index (χ2n) is 4.72. The van der Waals surface area contributed by atoms with Crippen LogP contribution in [0.15, 0.2) is 12.1 Å². The molecule has 0 aromatic carbocycles. The van der Waals surface area contributed by atoms with Crippen LogP contribution in [-0.4, -0.2) is 16.2 Å². The predicted molar refractivity (Wildman–Crippen MR) is 61.7 cm³/mol. The molecule has 1 heterocycles. The summed E-state index contributed by atoms with van der Waals surface area (Å²) in [4.78, 5) is 0. The number of aryl methyl sites for hydroxylation is 1. The van der Waals surface area contributed by atoms with Gasteiger partial charge < -0.3 is 5.32 Å². The summed E-state index contributed by atoms with van der Waals surface area (Å²) >= 11 is 0. The lowest BCUT2D eigenvalue weighted by atomic mass is 9.98. The fraction of sp³-hybridized carbons (Fsp3) is 0.667. The minimum Gasteiger partial charge on any atom is -0.366 e. The normalized spacial score (nSPS) is 30.5. The fourth-order valence-corrected chi connectivity index (χ4v) is 2.23. The molecule has 0 saturated heterocycles. The molecule has 1 fully saturated rings. The van der Waals surface area contributed by atoms with Crippen LogP contribution in [0, 0.1) is 18.8 Å². The molecule has 82 valence electrons. The van der Waals surface area contributed by atoms with Crippen LogP contribution in [0.25, 0.3) is 0 Å². The maximum absolute atomic E-state index is 4.14. The number of aromatic nitrogens is 2. The van der Waals surface area contributed by atoms with Crippen molar-refractivity contribution in [2.75, 3.05) is 5.32 Å². The van der Waals surface area contributed by atoms with Crippen molar-refractivity contribution < 1.29 is 0 Å². The summed E-state index contributed by atoms with van der Waals surface area (Å²) in [6.45, 7) is 6.60. The molecule has 1 saturated carbocycles. The summed E-state index contributed by atoms with van der Waals surface area (Å²) < 4.78 is 0. The van der Waals surface area contributed by atoms with Crippen LogP contribution in [0.1, 0.15) is 32.4 Å². The third-order valence-electron chi connectivity index (χ3n) is 3.60. The second kappa shape index (κ2) is 4.17. The van der Waals surface area contributed by atoms with Gasteiger partial charge in [-0.25, -0.2) is 0 Å². The van der Waals surface area contributed by atoms with Gasteiger partial charge in [0.25, 0.3) is 0 Å². The number of nitrogens with one attached hydrogen (secondary N) is 1. The first-order valence-corrected chi connectivity index (χ1v) is 5.73. The van der Waals surface area contributed by atoms with Gasteiger partial charge in [0.2, 0.25) is 0 Å².